The zero-order chi connectivity index (χ0) is 21.1. The van der Waals surface area contributed by atoms with Gasteiger partial charge in [0.05, 0.1) is 11.4 Å². The van der Waals surface area contributed by atoms with Gasteiger partial charge in [-0.3, -0.25) is 14.4 Å². The smallest absolute Gasteiger partial charge is 0.313 e. The number of fused-ring (bicyclic) bond motifs is 1. The molecule has 30 heavy (non-hydrogen) atoms. The van der Waals surface area contributed by atoms with Crippen LogP contribution in [0.1, 0.15) is 36.0 Å². The predicted molar refractivity (Wildman–Crippen MR) is 116 cm³/mol. The van der Waals surface area contributed by atoms with Crippen molar-refractivity contribution < 1.29 is 14.4 Å². The maximum atomic E-state index is 12.7. The summed E-state index contributed by atoms with van der Waals surface area (Å²) in [6.07, 6.45) is 3.85. The molecule has 2 aromatic rings. The summed E-state index contributed by atoms with van der Waals surface area (Å²) in [6, 6.07) is 14.0. The first-order chi connectivity index (χ1) is 14.5. The molecule has 0 saturated carbocycles. The van der Waals surface area contributed by atoms with Crippen molar-refractivity contribution in [2.24, 2.45) is 5.92 Å². The lowest BCUT2D eigenvalue weighted by Gasteiger charge is -2.31. The molecular weight excluding hydrogens is 378 g/mol. The number of amides is 3. The summed E-state index contributed by atoms with van der Waals surface area (Å²) in [5.41, 5.74) is 4.63. The number of hydrogen-bond donors (Lipinski definition) is 2. The summed E-state index contributed by atoms with van der Waals surface area (Å²) in [5, 5.41) is 5.51. The molecule has 0 unspecified atom stereocenters. The van der Waals surface area contributed by atoms with E-state index in [1.165, 1.54) is 11.1 Å². The molecule has 2 aliphatic heterocycles. The molecule has 0 atom stereocenters. The van der Waals surface area contributed by atoms with Gasteiger partial charge in [0.15, 0.2) is 0 Å². The summed E-state index contributed by atoms with van der Waals surface area (Å²) in [5.74, 6) is -0.717. The predicted octanol–water partition coefficient (Wildman–Crippen LogP) is 3.30. The Hall–Kier alpha value is -3.15. The molecule has 0 spiro atoms. The van der Waals surface area contributed by atoms with E-state index in [0.29, 0.717) is 43.2 Å². The Labute approximate surface area is 176 Å². The molecule has 3 amide bonds. The van der Waals surface area contributed by atoms with Crippen molar-refractivity contribution in [3.05, 3.63) is 59.2 Å². The topological polar surface area (TPSA) is 78.5 Å². The first kappa shape index (κ1) is 20.1. The van der Waals surface area contributed by atoms with E-state index in [4.69, 9.17) is 0 Å². The Balaban J connectivity index is 1.33. The number of rotatable bonds is 3. The van der Waals surface area contributed by atoms with Crippen molar-refractivity contribution in [3.63, 3.8) is 0 Å². The first-order valence-electron chi connectivity index (χ1n) is 10.6. The minimum atomic E-state index is -0.653. The second-order valence-electron chi connectivity index (χ2n) is 8.27. The monoisotopic (exact) mass is 405 g/mol. The van der Waals surface area contributed by atoms with Gasteiger partial charge >= 0.3 is 11.8 Å². The van der Waals surface area contributed by atoms with Crippen LogP contribution in [0.2, 0.25) is 0 Å². The third-order valence-electron chi connectivity index (χ3n) is 6.03. The number of aryl methyl sites for hydroxylation is 2. The van der Waals surface area contributed by atoms with Crippen molar-refractivity contribution in [1.82, 2.24) is 4.90 Å². The Bertz CT molecular complexity index is 960. The highest BCUT2D eigenvalue weighted by atomic mass is 16.2. The number of nitrogens with zero attached hydrogens (tertiary/aromatic N) is 1. The number of anilines is 2. The molecule has 0 bridgehead atoms. The van der Waals surface area contributed by atoms with E-state index in [0.717, 1.165) is 24.8 Å². The number of carbonyl (C=O) groups excluding carboxylic acids is 3. The fraction of sp³-hybridized carbons (Fsp3) is 0.375. The molecule has 6 nitrogen and oxygen atoms in total. The Morgan fingerprint density at radius 2 is 1.80 bits per heavy atom. The number of benzene rings is 2. The highest BCUT2D eigenvalue weighted by molar-refractivity contribution is 6.40. The molecule has 1 fully saturated rings. The van der Waals surface area contributed by atoms with Gasteiger partial charge in [0, 0.05) is 19.5 Å². The molecule has 0 aliphatic carbocycles. The van der Waals surface area contributed by atoms with Gasteiger partial charge in [0.1, 0.15) is 0 Å². The zero-order valence-electron chi connectivity index (χ0n) is 17.2. The van der Waals surface area contributed by atoms with E-state index in [1.807, 2.05) is 12.1 Å². The molecular formula is C24H27N3O3. The van der Waals surface area contributed by atoms with Gasteiger partial charge in [0.25, 0.3) is 0 Å². The number of hydrogen-bond acceptors (Lipinski definition) is 3. The van der Waals surface area contributed by atoms with E-state index in [1.54, 1.807) is 11.0 Å². The van der Waals surface area contributed by atoms with Crippen molar-refractivity contribution in [2.45, 2.75) is 39.0 Å². The van der Waals surface area contributed by atoms with Crippen LogP contribution in [0, 0.1) is 12.8 Å². The second kappa shape index (κ2) is 8.69. The molecule has 0 radical (unpaired) electrons. The largest absolute Gasteiger partial charge is 0.334 e. The van der Waals surface area contributed by atoms with Gasteiger partial charge in [-0.05, 0) is 55.7 Å². The lowest BCUT2D eigenvalue weighted by Crippen LogP contribution is -2.44. The Morgan fingerprint density at radius 1 is 1.07 bits per heavy atom. The summed E-state index contributed by atoms with van der Waals surface area (Å²) in [7, 11) is 0. The first-order valence-corrected chi connectivity index (χ1v) is 10.6. The van der Waals surface area contributed by atoms with Crippen LogP contribution in [0.25, 0.3) is 0 Å². The molecule has 2 aromatic carbocycles. The van der Waals surface area contributed by atoms with Gasteiger partial charge in [-0.15, -0.1) is 0 Å². The second-order valence-corrected chi connectivity index (χ2v) is 8.27. The summed E-state index contributed by atoms with van der Waals surface area (Å²) < 4.78 is 0. The van der Waals surface area contributed by atoms with E-state index in [-0.39, 0.29) is 5.91 Å². The molecule has 6 heteroatoms. The highest BCUT2D eigenvalue weighted by Crippen LogP contribution is 2.30. The number of para-hydroxylation sites is 1. The zero-order valence-corrected chi connectivity index (χ0v) is 17.2. The average Bonchev–Trinajstić information content (AvgIpc) is 2.76. The highest BCUT2D eigenvalue weighted by Gasteiger charge is 2.28. The minimum absolute atomic E-state index is 0.0776. The van der Waals surface area contributed by atoms with Gasteiger partial charge in [0.2, 0.25) is 5.91 Å². The normalized spacial score (nSPS) is 16.6. The maximum absolute atomic E-state index is 12.7. The van der Waals surface area contributed by atoms with E-state index in [9.17, 15) is 14.4 Å². The molecule has 2 heterocycles. The fourth-order valence-electron chi connectivity index (χ4n) is 4.23. The molecule has 4 rings (SSSR count). The lowest BCUT2D eigenvalue weighted by molar-refractivity contribution is -0.144. The average molecular weight is 405 g/mol. The third kappa shape index (κ3) is 4.53. The summed E-state index contributed by atoms with van der Waals surface area (Å²) in [6.45, 7) is 3.26. The Kier molecular flexibility index (Phi) is 5.84. The molecule has 2 aliphatic rings. The van der Waals surface area contributed by atoms with Crippen LogP contribution in [-0.4, -0.2) is 35.7 Å². The minimum Gasteiger partial charge on any atom is -0.334 e. The van der Waals surface area contributed by atoms with Crippen LogP contribution in [0.4, 0.5) is 11.4 Å². The SMILES string of the molecule is Cc1ccc(CC2CCN(C(=O)C(=O)Nc3cccc4c3NC(=O)CC4)CC2)cc1. The standard InChI is InChI=1S/C24H27N3O3/c1-16-5-7-17(8-6-16)15-18-11-13-27(14-12-18)24(30)23(29)25-20-4-2-3-19-9-10-21(28)26-22(19)20/h2-8,18H,9-15H2,1H3,(H,25,29)(H,26,28). The van der Waals surface area contributed by atoms with Crippen molar-refractivity contribution in [2.75, 3.05) is 23.7 Å². The van der Waals surface area contributed by atoms with Crippen LogP contribution in [0.3, 0.4) is 0 Å². The number of piperidine rings is 1. The van der Waals surface area contributed by atoms with Gasteiger partial charge < -0.3 is 15.5 Å². The van der Waals surface area contributed by atoms with Gasteiger partial charge in [-0.25, -0.2) is 0 Å². The summed E-state index contributed by atoms with van der Waals surface area (Å²) >= 11 is 0. The third-order valence-corrected chi connectivity index (χ3v) is 6.03. The summed E-state index contributed by atoms with van der Waals surface area (Å²) in [4.78, 5) is 38.6. The lowest BCUT2D eigenvalue weighted by atomic mass is 9.90. The van der Waals surface area contributed by atoms with Crippen molar-refractivity contribution in [1.29, 1.82) is 0 Å². The van der Waals surface area contributed by atoms with E-state index in [2.05, 4.69) is 41.8 Å². The van der Waals surface area contributed by atoms with Crippen LogP contribution >= 0.6 is 0 Å². The fourth-order valence-corrected chi connectivity index (χ4v) is 4.23. The van der Waals surface area contributed by atoms with Crippen molar-refractivity contribution >= 4 is 29.1 Å². The number of nitrogens with one attached hydrogen (secondary N) is 2. The molecule has 0 aromatic heterocycles. The van der Waals surface area contributed by atoms with Gasteiger partial charge in [-0.1, -0.05) is 42.0 Å². The van der Waals surface area contributed by atoms with E-state index >= 15 is 0 Å². The maximum Gasteiger partial charge on any atom is 0.313 e. The molecule has 156 valence electrons. The Morgan fingerprint density at radius 3 is 2.53 bits per heavy atom. The molecule has 1 saturated heterocycles. The van der Waals surface area contributed by atoms with Crippen LogP contribution in [0.15, 0.2) is 42.5 Å². The number of carbonyl (C=O) groups is 3. The van der Waals surface area contributed by atoms with Gasteiger partial charge in [-0.2, -0.15) is 0 Å². The van der Waals surface area contributed by atoms with Crippen LogP contribution in [0.5, 0.6) is 0 Å². The van der Waals surface area contributed by atoms with Crippen molar-refractivity contribution in [3.8, 4) is 0 Å². The van der Waals surface area contributed by atoms with Crippen LogP contribution < -0.4 is 10.6 Å². The quantitative estimate of drug-likeness (QED) is 0.769. The number of likely N-dealkylation sites (tertiary alicyclic amines) is 1. The van der Waals surface area contributed by atoms with E-state index < -0.39 is 11.8 Å². The molecule has 2 N–H and O–H groups in total. The van der Waals surface area contributed by atoms with Crippen LogP contribution in [-0.2, 0) is 27.2 Å².